The Morgan fingerprint density at radius 3 is 1.72 bits per heavy atom. The number of unbranched alkanes of at least 4 members (excludes halogenated alkanes) is 2. The Balaban J connectivity index is 1.34. The number of rotatable bonds is 12. The molecule has 0 atom stereocenters. The Labute approximate surface area is 193 Å². The summed E-state index contributed by atoms with van der Waals surface area (Å²) in [6, 6.07) is 16.4. The zero-order valence-electron chi connectivity index (χ0n) is 19.8. The Hall–Kier alpha value is -2.30. The van der Waals surface area contributed by atoms with Crippen molar-refractivity contribution in [2.75, 3.05) is 39.8 Å². The Morgan fingerprint density at radius 1 is 0.719 bits per heavy atom. The fraction of sp³-hybridized carbons (Fsp3) is 0.500. The van der Waals surface area contributed by atoms with Crippen molar-refractivity contribution < 1.29 is 9.59 Å². The third kappa shape index (κ3) is 7.68. The van der Waals surface area contributed by atoms with Gasteiger partial charge in [-0.15, -0.1) is 0 Å². The molecule has 4 nitrogen and oxygen atoms in total. The second-order valence-corrected chi connectivity index (χ2v) is 9.13. The molecule has 0 radical (unpaired) electrons. The van der Waals surface area contributed by atoms with Crippen molar-refractivity contribution in [2.24, 2.45) is 0 Å². The van der Waals surface area contributed by atoms with Crippen LogP contribution in [0.15, 0.2) is 48.5 Å². The summed E-state index contributed by atoms with van der Waals surface area (Å²) in [5.74, 6) is 0.467. The summed E-state index contributed by atoms with van der Waals surface area (Å²) in [5, 5.41) is 0. The Bertz CT molecular complexity index is 850. The molecule has 32 heavy (non-hydrogen) atoms. The quantitative estimate of drug-likeness (QED) is 0.346. The van der Waals surface area contributed by atoms with Crippen LogP contribution in [-0.2, 0) is 12.8 Å². The normalized spacial score (nSPS) is 15.1. The van der Waals surface area contributed by atoms with E-state index in [1.54, 1.807) is 0 Å². The van der Waals surface area contributed by atoms with Gasteiger partial charge < -0.3 is 4.90 Å². The lowest BCUT2D eigenvalue weighted by atomic mass is 10.00. The van der Waals surface area contributed by atoms with E-state index in [1.165, 1.54) is 17.5 Å². The predicted molar refractivity (Wildman–Crippen MR) is 132 cm³/mol. The molecule has 1 aliphatic heterocycles. The highest BCUT2D eigenvalue weighted by molar-refractivity contribution is 5.97. The van der Waals surface area contributed by atoms with Crippen LogP contribution in [0.2, 0.25) is 0 Å². The molecular formula is C28H38N2O2. The first-order chi connectivity index (χ1) is 15.5. The number of nitrogens with zero attached hydrogens (tertiary/aromatic N) is 2. The Kier molecular flexibility index (Phi) is 9.63. The van der Waals surface area contributed by atoms with Crippen molar-refractivity contribution in [1.29, 1.82) is 0 Å². The summed E-state index contributed by atoms with van der Waals surface area (Å²) in [6.07, 6.45) is 7.13. The van der Waals surface area contributed by atoms with Gasteiger partial charge in [0.1, 0.15) is 0 Å². The number of likely N-dealkylation sites (N-methyl/N-ethyl adjacent to an activating group) is 1. The van der Waals surface area contributed by atoms with E-state index in [4.69, 9.17) is 0 Å². The van der Waals surface area contributed by atoms with E-state index < -0.39 is 0 Å². The summed E-state index contributed by atoms with van der Waals surface area (Å²) in [5.41, 5.74) is 4.27. The van der Waals surface area contributed by atoms with E-state index >= 15 is 0 Å². The molecule has 1 saturated heterocycles. The van der Waals surface area contributed by atoms with Crippen molar-refractivity contribution in [1.82, 2.24) is 9.80 Å². The lowest BCUT2D eigenvalue weighted by molar-refractivity contribution is 0.0876. The number of carbonyl (C=O) groups is 2. The monoisotopic (exact) mass is 434 g/mol. The minimum Gasteiger partial charge on any atom is -0.304 e. The first kappa shape index (κ1) is 24.3. The summed E-state index contributed by atoms with van der Waals surface area (Å²) < 4.78 is 0. The number of aryl methyl sites for hydroxylation is 2. The molecule has 2 aromatic carbocycles. The Morgan fingerprint density at radius 2 is 1.22 bits per heavy atom. The third-order valence-electron chi connectivity index (χ3n) is 6.42. The van der Waals surface area contributed by atoms with Crippen LogP contribution >= 0.6 is 0 Å². The maximum absolute atomic E-state index is 12.6. The molecule has 0 saturated carbocycles. The first-order valence-corrected chi connectivity index (χ1v) is 12.2. The van der Waals surface area contributed by atoms with Gasteiger partial charge in [0.05, 0.1) is 6.54 Å². The number of piperazine rings is 1. The number of hydrogen-bond donors (Lipinski definition) is 0. The summed E-state index contributed by atoms with van der Waals surface area (Å²) >= 11 is 0. The fourth-order valence-electron chi connectivity index (χ4n) is 4.22. The molecule has 1 fully saturated rings. The van der Waals surface area contributed by atoms with Gasteiger partial charge in [0.25, 0.3) is 0 Å². The van der Waals surface area contributed by atoms with Gasteiger partial charge in [-0.1, -0.05) is 61.9 Å². The van der Waals surface area contributed by atoms with Gasteiger partial charge in [-0.2, -0.15) is 0 Å². The molecule has 0 amide bonds. The van der Waals surface area contributed by atoms with Gasteiger partial charge in [0, 0.05) is 43.7 Å². The maximum Gasteiger partial charge on any atom is 0.176 e. The molecule has 0 aromatic heterocycles. The molecule has 1 aliphatic rings. The molecule has 0 bridgehead atoms. The van der Waals surface area contributed by atoms with Crippen LogP contribution in [0, 0.1) is 0 Å². The van der Waals surface area contributed by atoms with E-state index in [0.29, 0.717) is 13.0 Å². The van der Waals surface area contributed by atoms with Crippen molar-refractivity contribution in [3.05, 3.63) is 70.8 Å². The average Bonchev–Trinajstić information content (AvgIpc) is 2.81. The number of Topliss-reactive ketones (excluding diaryl/α,β-unsaturated/α-hetero) is 2. The van der Waals surface area contributed by atoms with E-state index in [0.717, 1.165) is 69.4 Å². The molecule has 4 heteroatoms. The average molecular weight is 435 g/mol. The van der Waals surface area contributed by atoms with E-state index in [9.17, 15) is 9.59 Å². The van der Waals surface area contributed by atoms with Gasteiger partial charge >= 0.3 is 0 Å². The van der Waals surface area contributed by atoms with Crippen LogP contribution < -0.4 is 0 Å². The number of benzene rings is 2. The molecule has 0 aliphatic carbocycles. The molecule has 1 heterocycles. The molecule has 172 valence electrons. The topological polar surface area (TPSA) is 40.6 Å². The van der Waals surface area contributed by atoms with Crippen molar-refractivity contribution in [3.63, 3.8) is 0 Å². The minimum absolute atomic E-state index is 0.225. The second kappa shape index (κ2) is 12.7. The lowest BCUT2D eigenvalue weighted by Gasteiger charge is -2.31. The third-order valence-corrected chi connectivity index (χ3v) is 6.42. The van der Waals surface area contributed by atoms with Crippen molar-refractivity contribution in [2.45, 2.75) is 51.9 Å². The van der Waals surface area contributed by atoms with Crippen molar-refractivity contribution in [3.8, 4) is 0 Å². The fourth-order valence-corrected chi connectivity index (χ4v) is 4.22. The number of ketones is 2. The summed E-state index contributed by atoms with van der Waals surface area (Å²) in [7, 11) is 2.13. The highest BCUT2D eigenvalue weighted by Gasteiger charge is 2.17. The highest BCUT2D eigenvalue weighted by atomic mass is 16.1. The zero-order chi connectivity index (χ0) is 22.8. The van der Waals surface area contributed by atoms with Gasteiger partial charge in [-0.05, 0) is 50.3 Å². The molecule has 0 spiro atoms. The predicted octanol–water partition coefficient (Wildman–Crippen LogP) is 5.06. The smallest absolute Gasteiger partial charge is 0.176 e. The number of hydrogen-bond acceptors (Lipinski definition) is 4. The van der Waals surface area contributed by atoms with Crippen LogP contribution in [0.1, 0.15) is 70.9 Å². The van der Waals surface area contributed by atoms with Gasteiger partial charge in [0.15, 0.2) is 11.6 Å². The van der Waals surface area contributed by atoms with Gasteiger partial charge in [0.2, 0.25) is 0 Å². The van der Waals surface area contributed by atoms with Crippen LogP contribution in [0.4, 0.5) is 0 Å². The molecular weight excluding hydrogens is 396 g/mol. The summed E-state index contributed by atoms with van der Waals surface area (Å²) in [6.45, 7) is 6.59. The summed E-state index contributed by atoms with van der Waals surface area (Å²) in [4.78, 5) is 29.0. The zero-order valence-corrected chi connectivity index (χ0v) is 19.8. The second-order valence-electron chi connectivity index (χ2n) is 9.13. The highest BCUT2D eigenvalue weighted by Crippen LogP contribution is 2.14. The van der Waals surface area contributed by atoms with Crippen LogP contribution in [0.5, 0.6) is 0 Å². The maximum atomic E-state index is 12.6. The minimum atomic E-state index is 0.225. The molecule has 0 unspecified atom stereocenters. The lowest BCUT2D eigenvalue weighted by Crippen LogP contribution is -2.46. The molecule has 2 aromatic rings. The molecule has 0 N–H and O–H groups in total. The van der Waals surface area contributed by atoms with Crippen LogP contribution in [0.3, 0.4) is 0 Å². The van der Waals surface area contributed by atoms with E-state index in [-0.39, 0.29) is 11.6 Å². The molecule has 3 rings (SSSR count). The first-order valence-electron chi connectivity index (χ1n) is 12.2. The van der Waals surface area contributed by atoms with Gasteiger partial charge in [-0.25, -0.2) is 0 Å². The van der Waals surface area contributed by atoms with Crippen LogP contribution in [0.25, 0.3) is 0 Å². The standard InChI is InChI=1S/C28H38N2O2/c1-3-7-27(31)25-14-10-23(11-15-25)8-5-4-6-9-24-12-16-26(17-13-24)28(32)22-30-20-18-29(2)19-21-30/h10-17H,3-9,18-22H2,1-2H3. The van der Waals surface area contributed by atoms with E-state index in [2.05, 4.69) is 41.1 Å². The van der Waals surface area contributed by atoms with Crippen LogP contribution in [-0.4, -0.2) is 61.1 Å². The number of carbonyl (C=O) groups excluding carboxylic acids is 2. The SMILES string of the molecule is CCCC(=O)c1ccc(CCCCCc2ccc(C(=O)CN3CCN(C)CC3)cc2)cc1. The van der Waals surface area contributed by atoms with Gasteiger partial charge in [-0.3, -0.25) is 14.5 Å². The van der Waals surface area contributed by atoms with Crippen molar-refractivity contribution >= 4 is 11.6 Å². The largest absolute Gasteiger partial charge is 0.304 e. The van der Waals surface area contributed by atoms with E-state index in [1.807, 2.05) is 31.2 Å².